The van der Waals surface area contributed by atoms with Crippen molar-refractivity contribution in [1.29, 1.82) is 0 Å². The van der Waals surface area contributed by atoms with E-state index < -0.39 is 22.6 Å². The van der Waals surface area contributed by atoms with E-state index in [0.717, 1.165) is 0 Å². The third-order valence-electron chi connectivity index (χ3n) is 3.69. The number of ether oxygens (including phenoxy) is 1. The summed E-state index contributed by atoms with van der Waals surface area (Å²) in [6.45, 7) is 7.28. The SMILES string of the molecule is CC1(C)CC(O)(c2ccc(Br)c(Cl)c2F)C(C)(C)O1. The van der Waals surface area contributed by atoms with Gasteiger partial charge in [-0.1, -0.05) is 17.7 Å². The number of hydrogen-bond acceptors (Lipinski definition) is 2. The van der Waals surface area contributed by atoms with E-state index in [2.05, 4.69) is 15.9 Å². The standard InChI is InChI=1S/C14H17BrClFO2/c1-12(2)7-14(18,13(3,4)19-12)8-5-6-9(15)10(16)11(8)17/h5-6,18H,7H2,1-4H3. The van der Waals surface area contributed by atoms with Crippen LogP contribution in [0.2, 0.25) is 5.02 Å². The second-order valence-corrected chi connectivity index (χ2v) is 7.36. The lowest BCUT2D eigenvalue weighted by Gasteiger charge is -2.35. The highest BCUT2D eigenvalue weighted by molar-refractivity contribution is 9.10. The van der Waals surface area contributed by atoms with E-state index in [1.807, 2.05) is 13.8 Å². The molecule has 0 saturated carbocycles. The van der Waals surface area contributed by atoms with Gasteiger partial charge in [0, 0.05) is 16.5 Å². The molecule has 1 aliphatic heterocycles. The summed E-state index contributed by atoms with van der Waals surface area (Å²) in [4.78, 5) is 0. The number of rotatable bonds is 1. The maximum atomic E-state index is 14.4. The molecule has 2 nitrogen and oxygen atoms in total. The molecule has 1 aromatic carbocycles. The largest absolute Gasteiger partial charge is 0.382 e. The highest BCUT2D eigenvalue weighted by atomic mass is 79.9. The van der Waals surface area contributed by atoms with Crippen LogP contribution in [0.25, 0.3) is 0 Å². The number of halogens is 3. The topological polar surface area (TPSA) is 29.5 Å². The normalized spacial score (nSPS) is 28.6. The first kappa shape index (κ1) is 15.2. The van der Waals surface area contributed by atoms with Crippen molar-refractivity contribution in [2.24, 2.45) is 0 Å². The quantitative estimate of drug-likeness (QED) is 0.760. The predicted octanol–water partition coefficient (Wildman–Crippen LogP) is 4.41. The molecule has 0 bridgehead atoms. The van der Waals surface area contributed by atoms with E-state index in [1.165, 1.54) is 0 Å². The first-order valence-corrected chi connectivity index (χ1v) is 7.24. The molecular formula is C14H17BrClFO2. The van der Waals surface area contributed by atoms with Crippen LogP contribution in [-0.2, 0) is 10.3 Å². The van der Waals surface area contributed by atoms with E-state index >= 15 is 0 Å². The van der Waals surface area contributed by atoms with Crippen LogP contribution in [0.3, 0.4) is 0 Å². The number of aliphatic hydroxyl groups is 1. The smallest absolute Gasteiger partial charge is 0.149 e. The Balaban J connectivity index is 2.61. The van der Waals surface area contributed by atoms with Crippen molar-refractivity contribution in [3.63, 3.8) is 0 Å². The fraction of sp³-hybridized carbons (Fsp3) is 0.571. The van der Waals surface area contributed by atoms with E-state index in [9.17, 15) is 9.50 Å². The van der Waals surface area contributed by atoms with Gasteiger partial charge in [-0.15, -0.1) is 0 Å². The predicted molar refractivity (Wildman–Crippen MR) is 76.9 cm³/mol. The Labute approximate surface area is 126 Å². The third kappa shape index (κ3) is 2.33. The summed E-state index contributed by atoms with van der Waals surface area (Å²) in [6.07, 6.45) is 0.307. The van der Waals surface area contributed by atoms with Crippen LogP contribution >= 0.6 is 27.5 Å². The van der Waals surface area contributed by atoms with Crippen LogP contribution in [-0.4, -0.2) is 16.3 Å². The molecule has 0 aromatic heterocycles. The third-order valence-corrected chi connectivity index (χ3v) is 4.95. The minimum atomic E-state index is -1.41. The average molecular weight is 352 g/mol. The van der Waals surface area contributed by atoms with Gasteiger partial charge in [0.2, 0.25) is 0 Å². The van der Waals surface area contributed by atoms with Gasteiger partial charge in [0.05, 0.1) is 16.2 Å². The molecule has 0 amide bonds. The average Bonchev–Trinajstić information content (AvgIpc) is 2.39. The summed E-state index contributed by atoms with van der Waals surface area (Å²) >= 11 is 9.09. The van der Waals surface area contributed by atoms with E-state index in [-0.39, 0.29) is 10.6 Å². The highest BCUT2D eigenvalue weighted by Crippen LogP contribution is 2.52. The highest BCUT2D eigenvalue weighted by Gasteiger charge is 2.58. The second-order valence-electron chi connectivity index (χ2n) is 6.13. The van der Waals surface area contributed by atoms with Gasteiger partial charge in [-0.05, 0) is 49.7 Å². The molecule has 1 atom stereocenters. The van der Waals surface area contributed by atoms with Crippen molar-refractivity contribution in [1.82, 2.24) is 0 Å². The van der Waals surface area contributed by atoms with Crippen molar-refractivity contribution in [3.05, 3.63) is 33.0 Å². The molecule has 106 valence electrons. The Kier molecular flexibility index (Phi) is 3.54. The first-order chi connectivity index (χ1) is 8.50. The summed E-state index contributed by atoms with van der Waals surface area (Å²) in [6, 6.07) is 3.19. The molecule has 19 heavy (non-hydrogen) atoms. The molecule has 1 saturated heterocycles. The lowest BCUT2D eigenvalue weighted by Crippen LogP contribution is -2.44. The van der Waals surface area contributed by atoms with Crippen LogP contribution < -0.4 is 0 Å². The summed E-state index contributed by atoms with van der Waals surface area (Å²) in [5, 5.41) is 11.0. The maximum absolute atomic E-state index is 14.4. The van der Waals surface area contributed by atoms with Gasteiger partial charge < -0.3 is 9.84 Å². The van der Waals surface area contributed by atoms with Gasteiger partial charge in [-0.2, -0.15) is 0 Å². The second kappa shape index (κ2) is 4.42. The van der Waals surface area contributed by atoms with Crippen molar-refractivity contribution in [2.75, 3.05) is 0 Å². The monoisotopic (exact) mass is 350 g/mol. The summed E-state index contributed by atoms with van der Waals surface area (Å²) in [7, 11) is 0. The van der Waals surface area contributed by atoms with E-state index in [0.29, 0.717) is 10.9 Å². The molecule has 1 aliphatic rings. The number of hydrogen-bond donors (Lipinski definition) is 1. The molecule has 1 heterocycles. The zero-order valence-electron chi connectivity index (χ0n) is 11.4. The molecule has 1 N–H and O–H groups in total. The van der Waals surface area contributed by atoms with Crippen LogP contribution in [0, 0.1) is 5.82 Å². The molecule has 0 spiro atoms. The van der Waals surface area contributed by atoms with Crippen molar-refractivity contribution in [3.8, 4) is 0 Å². The van der Waals surface area contributed by atoms with Gasteiger partial charge in [-0.25, -0.2) is 4.39 Å². The Bertz CT molecular complexity index is 530. The Morgan fingerprint density at radius 3 is 2.37 bits per heavy atom. The molecule has 1 fully saturated rings. The van der Waals surface area contributed by atoms with Crippen LogP contribution in [0.5, 0.6) is 0 Å². The zero-order valence-corrected chi connectivity index (χ0v) is 13.7. The van der Waals surface area contributed by atoms with Gasteiger partial charge >= 0.3 is 0 Å². The number of benzene rings is 1. The minimum absolute atomic E-state index is 0.0218. The van der Waals surface area contributed by atoms with E-state index in [1.54, 1.807) is 26.0 Å². The fourth-order valence-corrected chi connectivity index (χ4v) is 3.38. The fourth-order valence-electron chi connectivity index (χ4n) is 2.91. The minimum Gasteiger partial charge on any atom is -0.382 e. The first-order valence-electron chi connectivity index (χ1n) is 6.07. The zero-order chi connectivity index (χ0) is 14.6. The Morgan fingerprint density at radius 2 is 1.89 bits per heavy atom. The molecule has 0 radical (unpaired) electrons. The lowest BCUT2D eigenvalue weighted by atomic mass is 9.77. The molecule has 1 aromatic rings. The summed E-state index contributed by atoms with van der Waals surface area (Å²) in [5.41, 5.74) is -2.65. The summed E-state index contributed by atoms with van der Waals surface area (Å²) in [5.74, 6) is -0.604. The van der Waals surface area contributed by atoms with Crippen LogP contribution in [0.4, 0.5) is 4.39 Å². The van der Waals surface area contributed by atoms with Crippen molar-refractivity contribution >= 4 is 27.5 Å². The lowest BCUT2D eigenvalue weighted by molar-refractivity contribution is -0.130. The van der Waals surface area contributed by atoms with Crippen LogP contribution in [0.1, 0.15) is 39.7 Å². The van der Waals surface area contributed by atoms with Gasteiger partial charge in [0.15, 0.2) is 0 Å². The van der Waals surface area contributed by atoms with Gasteiger partial charge in [-0.3, -0.25) is 0 Å². The van der Waals surface area contributed by atoms with Gasteiger partial charge in [0.25, 0.3) is 0 Å². The molecular weight excluding hydrogens is 335 g/mol. The van der Waals surface area contributed by atoms with Crippen LogP contribution in [0.15, 0.2) is 16.6 Å². The summed E-state index contributed by atoms with van der Waals surface area (Å²) < 4.78 is 20.7. The van der Waals surface area contributed by atoms with E-state index in [4.69, 9.17) is 16.3 Å². The molecule has 5 heteroatoms. The molecule has 1 unspecified atom stereocenters. The maximum Gasteiger partial charge on any atom is 0.149 e. The molecule has 2 rings (SSSR count). The Hall–Kier alpha value is -0.160. The van der Waals surface area contributed by atoms with Gasteiger partial charge in [0.1, 0.15) is 11.4 Å². The molecule has 0 aliphatic carbocycles. The van der Waals surface area contributed by atoms with Crippen molar-refractivity contribution in [2.45, 2.75) is 50.9 Å². The van der Waals surface area contributed by atoms with Crippen molar-refractivity contribution < 1.29 is 14.2 Å². The Morgan fingerprint density at radius 1 is 1.32 bits per heavy atom.